The molecule has 0 N–H and O–H groups in total. The van der Waals surface area contributed by atoms with Crippen LogP contribution in [0, 0.1) is 0 Å². The van der Waals surface area contributed by atoms with Crippen molar-refractivity contribution in [2.45, 2.75) is 51.4 Å². The SMILES string of the molecule is C1=C\CC/C=C\CC/1.C1=C\CC/C=C\CC/1.[Cl-].[Cl-].[Rh+].[Rh+]. The number of hydrogen-bond acceptors (Lipinski definition) is 0. The molecular weight excluding hydrogens is 469 g/mol. The van der Waals surface area contributed by atoms with Gasteiger partial charge in [-0.3, -0.25) is 0 Å². The van der Waals surface area contributed by atoms with Crippen molar-refractivity contribution in [3.05, 3.63) is 48.6 Å². The molecule has 0 radical (unpaired) electrons. The van der Waals surface area contributed by atoms with Crippen molar-refractivity contribution in [3.63, 3.8) is 0 Å². The summed E-state index contributed by atoms with van der Waals surface area (Å²) >= 11 is 0. The van der Waals surface area contributed by atoms with Crippen LogP contribution in [-0.4, -0.2) is 0 Å². The largest absolute Gasteiger partial charge is 1.00 e. The molecule has 0 bridgehead atoms. The van der Waals surface area contributed by atoms with Crippen LogP contribution in [0.1, 0.15) is 51.4 Å². The Hall–Kier alpha value is 0.787. The predicted octanol–water partition coefficient (Wildman–Crippen LogP) is -0.651. The first kappa shape index (κ1) is 28.9. The molecule has 2 aliphatic carbocycles. The zero-order valence-electron chi connectivity index (χ0n) is 11.7. The van der Waals surface area contributed by atoms with Crippen LogP contribution in [0.25, 0.3) is 0 Å². The standard InChI is InChI=1S/2C8H12.2ClH.2Rh/c2*1-2-4-6-8-7-5-3-1;;;;/h2*1-2,7-8H,3-6H2;2*1H;;/q;;;;2*+1/p-2/b2*2-1-,8-7-;;;;. The molecule has 120 valence electrons. The molecule has 0 heterocycles. The van der Waals surface area contributed by atoms with Gasteiger partial charge < -0.3 is 24.8 Å². The molecule has 0 aromatic rings. The molecule has 0 saturated carbocycles. The van der Waals surface area contributed by atoms with Gasteiger partial charge in [0.25, 0.3) is 0 Å². The maximum atomic E-state index is 2.27. The normalized spacial score (nSPS) is 22.4. The van der Waals surface area contributed by atoms with Crippen molar-refractivity contribution in [1.29, 1.82) is 0 Å². The molecule has 20 heavy (non-hydrogen) atoms. The van der Waals surface area contributed by atoms with Gasteiger partial charge in [0.2, 0.25) is 0 Å². The van der Waals surface area contributed by atoms with Crippen LogP contribution in [0.5, 0.6) is 0 Å². The minimum absolute atomic E-state index is 0. The van der Waals surface area contributed by atoms with Gasteiger partial charge in [-0.05, 0) is 51.4 Å². The van der Waals surface area contributed by atoms with Gasteiger partial charge >= 0.3 is 39.0 Å². The van der Waals surface area contributed by atoms with Gasteiger partial charge in [0.05, 0.1) is 0 Å². The Kier molecular flexibility index (Phi) is 35.8. The summed E-state index contributed by atoms with van der Waals surface area (Å²) in [6, 6.07) is 0. The fourth-order valence-electron chi connectivity index (χ4n) is 1.71. The zero-order valence-corrected chi connectivity index (χ0v) is 16.5. The molecule has 0 aromatic heterocycles. The summed E-state index contributed by atoms with van der Waals surface area (Å²) in [7, 11) is 0. The van der Waals surface area contributed by atoms with E-state index in [-0.39, 0.29) is 63.8 Å². The van der Waals surface area contributed by atoms with E-state index >= 15 is 0 Å². The van der Waals surface area contributed by atoms with Crippen molar-refractivity contribution < 1.29 is 63.8 Å². The van der Waals surface area contributed by atoms with Crippen molar-refractivity contribution >= 4 is 0 Å². The number of hydrogen-bond donors (Lipinski definition) is 0. The van der Waals surface area contributed by atoms with Crippen LogP contribution < -0.4 is 24.8 Å². The molecule has 0 spiro atoms. The zero-order chi connectivity index (χ0) is 11.3. The third-order valence-electron chi connectivity index (χ3n) is 2.67. The molecule has 0 saturated heterocycles. The molecule has 4 heteroatoms. The molecule has 0 atom stereocenters. The van der Waals surface area contributed by atoms with E-state index in [0.717, 1.165) is 0 Å². The van der Waals surface area contributed by atoms with Crippen LogP contribution in [-0.2, 0) is 39.0 Å². The van der Waals surface area contributed by atoms with Crippen molar-refractivity contribution in [2.24, 2.45) is 0 Å². The third-order valence-corrected chi connectivity index (χ3v) is 2.67. The Morgan fingerprint density at radius 3 is 0.500 bits per heavy atom. The molecule has 0 amide bonds. The first-order valence-corrected chi connectivity index (χ1v) is 6.60. The Balaban J connectivity index is -0.000000107. The molecule has 0 nitrogen and oxygen atoms in total. The first-order valence-electron chi connectivity index (χ1n) is 6.60. The summed E-state index contributed by atoms with van der Waals surface area (Å²) in [5.41, 5.74) is 0. The second kappa shape index (κ2) is 24.8. The third kappa shape index (κ3) is 21.1. The van der Waals surface area contributed by atoms with Crippen LogP contribution in [0.3, 0.4) is 0 Å². The van der Waals surface area contributed by atoms with E-state index < -0.39 is 0 Å². The van der Waals surface area contributed by atoms with E-state index in [2.05, 4.69) is 48.6 Å². The summed E-state index contributed by atoms with van der Waals surface area (Å²) in [6.07, 6.45) is 28.0. The predicted molar refractivity (Wildman–Crippen MR) is 73.5 cm³/mol. The van der Waals surface area contributed by atoms with Gasteiger partial charge in [-0.15, -0.1) is 0 Å². The van der Waals surface area contributed by atoms with Gasteiger partial charge in [0.15, 0.2) is 0 Å². The van der Waals surface area contributed by atoms with Crippen molar-refractivity contribution in [1.82, 2.24) is 0 Å². The number of allylic oxidation sites excluding steroid dienone is 8. The minimum Gasteiger partial charge on any atom is -1.00 e. The van der Waals surface area contributed by atoms with E-state index in [1.54, 1.807) is 0 Å². The number of halogens is 2. The maximum Gasteiger partial charge on any atom is 1.00 e. The fourth-order valence-corrected chi connectivity index (χ4v) is 1.71. The average Bonchev–Trinajstić information content (AvgIpc) is 2.15. The summed E-state index contributed by atoms with van der Waals surface area (Å²) < 4.78 is 0. The van der Waals surface area contributed by atoms with Gasteiger partial charge in [-0.2, -0.15) is 0 Å². The quantitative estimate of drug-likeness (QED) is 0.311. The average molecular weight is 493 g/mol. The van der Waals surface area contributed by atoms with E-state index in [4.69, 9.17) is 0 Å². The smallest absolute Gasteiger partial charge is 1.00 e. The van der Waals surface area contributed by atoms with Gasteiger partial charge in [-0.25, -0.2) is 0 Å². The fraction of sp³-hybridized carbons (Fsp3) is 0.500. The van der Waals surface area contributed by atoms with Crippen molar-refractivity contribution in [3.8, 4) is 0 Å². The Morgan fingerprint density at radius 1 is 0.300 bits per heavy atom. The Bertz CT molecular complexity index is 192. The van der Waals surface area contributed by atoms with Crippen LogP contribution >= 0.6 is 0 Å². The Labute approximate surface area is 163 Å². The topological polar surface area (TPSA) is 0 Å². The monoisotopic (exact) mass is 492 g/mol. The second-order valence-electron chi connectivity index (χ2n) is 4.20. The summed E-state index contributed by atoms with van der Waals surface area (Å²) in [4.78, 5) is 0. The van der Waals surface area contributed by atoms with Gasteiger partial charge in [0, 0.05) is 0 Å². The Morgan fingerprint density at radius 2 is 0.400 bits per heavy atom. The number of rotatable bonds is 0. The molecule has 0 fully saturated rings. The van der Waals surface area contributed by atoms with Crippen LogP contribution in [0.15, 0.2) is 48.6 Å². The van der Waals surface area contributed by atoms with E-state index in [1.165, 1.54) is 51.4 Å². The molecule has 0 unspecified atom stereocenters. The first-order chi connectivity index (χ1) is 8.00. The van der Waals surface area contributed by atoms with E-state index in [0.29, 0.717) is 0 Å². The molecule has 2 rings (SSSR count). The molecule has 2 aliphatic rings. The van der Waals surface area contributed by atoms with Crippen LogP contribution in [0.4, 0.5) is 0 Å². The van der Waals surface area contributed by atoms with Gasteiger partial charge in [-0.1, -0.05) is 48.6 Å². The minimum atomic E-state index is 0. The molecule has 0 aromatic carbocycles. The van der Waals surface area contributed by atoms with Crippen LogP contribution in [0.2, 0.25) is 0 Å². The maximum absolute atomic E-state index is 2.27. The summed E-state index contributed by atoms with van der Waals surface area (Å²) in [5, 5.41) is 0. The summed E-state index contributed by atoms with van der Waals surface area (Å²) in [6.45, 7) is 0. The van der Waals surface area contributed by atoms with E-state index in [1.807, 2.05) is 0 Å². The second-order valence-corrected chi connectivity index (χ2v) is 4.20. The molecule has 0 aliphatic heterocycles. The van der Waals surface area contributed by atoms with Gasteiger partial charge in [0.1, 0.15) is 0 Å². The molecular formula is C16H24Cl2Rh2. The summed E-state index contributed by atoms with van der Waals surface area (Å²) in [5.74, 6) is 0. The van der Waals surface area contributed by atoms with Crippen molar-refractivity contribution in [2.75, 3.05) is 0 Å². The van der Waals surface area contributed by atoms with E-state index in [9.17, 15) is 0 Å².